The number of nitrogens with zero attached hydrogens (tertiary/aromatic N) is 2. The second-order valence-corrected chi connectivity index (χ2v) is 7.92. The number of fused-ring (bicyclic) bond motifs is 1. The van der Waals surface area contributed by atoms with E-state index < -0.39 is 17.6 Å². The Kier molecular flexibility index (Phi) is 4.52. The number of methoxy groups -OCH3 is 1. The predicted octanol–water partition coefficient (Wildman–Crippen LogP) is 4.14. The van der Waals surface area contributed by atoms with Crippen LogP contribution >= 0.6 is 0 Å². The van der Waals surface area contributed by atoms with Crippen LogP contribution in [0.1, 0.15) is 18.5 Å². The van der Waals surface area contributed by atoms with Crippen LogP contribution in [0, 0.1) is 5.41 Å². The van der Waals surface area contributed by atoms with E-state index in [-0.39, 0.29) is 11.8 Å². The van der Waals surface area contributed by atoms with Crippen molar-refractivity contribution in [1.82, 2.24) is 0 Å². The van der Waals surface area contributed by atoms with Crippen molar-refractivity contribution in [3.05, 3.63) is 90.5 Å². The highest BCUT2D eigenvalue weighted by Crippen LogP contribution is 2.55. The van der Waals surface area contributed by atoms with Gasteiger partial charge in [0.2, 0.25) is 5.91 Å². The van der Waals surface area contributed by atoms with Crippen LogP contribution in [-0.4, -0.2) is 25.0 Å². The molecule has 156 valence electrons. The summed E-state index contributed by atoms with van der Waals surface area (Å²) < 4.78 is 5.20. The van der Waals surface area contributed by atoms with E-state index in [2.05, 4.69) is 0 Å². The molecule has 0 N–H and O–H groups in total. The molecular weight excluding hydrogens is 392 g/mol. The second-order valence-electron chi connectivity index (χ2n) is 7.92. The Morgan fingerprint density at radius 3 is 2.06 bits per heavy atom. The first-order valence-corrected chi connectivity index (χ1v) is 10.1. The molecule has 0 bridgehead atoms. The van der Waals surface area contributed by atoms with Gasteiger partial charge in [0.05, 0.1) is 24.5 Å². The smallest absolute Gasteiger partial charge is 0.266 e. The molecule has 31 heavy (non-hydrogen) atoms. The Labute approximate surface area is 180 Å². The zero-order valence-electron chi connectivity index (χ0n) is 17.3. The van der Waals surface area contributed by atoms with Gasteiger partial charge in [0.25, 0.3) is 5.91 Å². The fourth-order valence-electron chi connectivity index (χ4n) is 4.54. The van der Waals surface area contributed by atoms with Gasteiger partial charge in [-0.05, 0) is 48.9 Å². The Morgan fingerprint density at radius 1 is 0.839 bits per heavy atom. The van der Waals surface area contributed by atoms with Gasteiger partial charge >= 0.3 is 0 Å². The molecule has 0 radical (unpaired) electrons. The van der Waals surface area contributed by atoms with Crippen LogP contribution in [0.5, 0.6) is 5.75 Å². The van der Waals surface area contributed by atoms with Gasteiger partial charge in [0.1, 0.15) is 11.2 Å². The Bertz CT molecular complexity index is 1120. The highest BCUT2D eigenvalue weighted by atomic mass is 16.7. The molecule has 0 saturated carbocycles. The van der Waals surface area contributed by atoms with E-state index in [4.69, 9.17) is 9.57 Å². The van der Waals surface area contributed by atoms with Crippen LogP contribution < -0.4 is 14.7 Å². The zero-order valence-corrected chi connectivity index (χ0v) is 17.3. The van der Waals surface area contributed by atoms with Gasteiger partial charge in [0.15, 0.2) is 6.10 Å². The molecule has 3 atom stereocenters. The van der Waals surface area contributed by atoms with E-state index in [0.717, 1.165) is 11.3 Å². The lowest BCUT2D eigenvalue weighted by atomic mass is 9.76. The highest BCUT2D eigenvalue weighted by Gasteiger charge is 2.68. The number of ether oxygens (including phenoxy) is 1. The lowest BCUT2D eigenvalue weighted by molar-refractivity contribution is -0.128. The molecular formula is C25H22N2O4. The Balaban J connectivity index is 1.61. The van der Waals surface area contributed by atoms with Crippen molar-refractivity contribution >= 4 is 23.2 Å². The van der Waals surface area contributed by atoms with E-state index in [1.807, 2.05) is 67.6 Å². The molecule has 2 fully saturated rings. The van der Waals surface area contributed by atoms with Crippen molar-refractivity contribution in [3.8, 4) is 5.75 Å². The Hall–Kier alpha value is -3.64. The molecule has 3 aromatic rings. The number of para-hydroxylation sites is 1. The summed E-state index contributed by atoms with van der Waals surface area (Å²) >= 11 is 0. The molecule has 6 heteroatoms. The number of hydrogen-bond acceptors (Lipinski definition) is 5. The second kappa shape index (κ2) is 7.25. The number of imide groups is 1. The molecule has 6 nitrogen and oxygen atoms in total. The van der Waals surface area contributed by atoms with Crippen molar-refractivity contribution in [2.75, 3.05) is 17.1 Å². The van der Waals surface area contributed by atoms with Gasteiger partial charge in [-0.2, -0.15) is 0 Å². The first kappa shape index (κ1) is 19.3. The number of rotatable bonds is 4. The summed E-state index contributed by atoms with van der Waals surface area (Å²) in [5.41, 5.74) is 1.12. The van der Waals surface area contributed by atoms with E-state index in [1.165, 1.54) is 4.90 Å². The topological polar surface area (TPSA) is 59.1 Å². The number of carbonyl (C=O) groups is 2. The minimum Gasteiger partial charge on any atom is -0.497 e. The SMILES string of the molecule is COc1ccc(N2C(=O)[C@H]3ON(c4ccccc4)[C@@H](c4ccccc4)[C@@]3(C)C2=O)cc1. The van der Waals surface area contributed by atoms with E-state index in [1.54, 1.807) is 36.4 Å². The molecule has 0 aliphatic carbocycles. The molecule has 0 aromatic heterocycles. The third-order valence-electron chi connectivity index (χ3n) is 6.13. The first-order valence-electron chi connectivity index (χ1n) is 10.1. The summed E-state index contributed by atoms with van der Waals surface area (Å²) in [5, 5.41) is 1.71. The van der Waals surface area contributed by atoms with Crippen LogP contribution in [0.25, 0.3) is 0 Å². The predicted molar refractivity (Wildman–Crippen MR) is 117 cm³/mol. The van der Waals surface area contributed by atoms with E-state index >= 15 is 0 Å². The average molecular weight is 414 g/mol. The van der Waals surface area contributed by atoms with Crippen molar-refractivity contribution in [2.24, 2.45) is 5.41 Å². The van der Waals surface area contributed by atoms with Crippen molar-refractivity contribution < 1.29 is 19.2 Å². The number of hydrogen-bond donors (Lipinski definition) is 0. The van der Waals surface area contributed by atoms with Gasteiger partial charge < -0.3 is 4.74 Å². The minimum atomic E-state index is -1.09. The highest BCUT2D eigenvalue weighted by molar-refractivity contribution is 6.25. The van der Waals surface area contributed by atoms with Crippen LogP contribution in [-0.2, 0) is 14.4 Å². The van der Waals surface area contributed by atoms with E-state index in [9.17, 15) is 9.59 Å². The molecule has 2 amide bonds. The fourth-order valence-corrected chi connectivity index (χ4v) is 4.54. The number of amides is 2. The van der Waals surface area contributed by atoms with E-state index in [0.29, 0.717) is 11.4 Å². The molecule has 2 aliphatic rings. The molecule has 3 aromatic carbocycles. The largest absolute Gasteiger partial charge is 0.497 e. The molecule has 0 spiro atoms. The third kappa shape index (κ3) is 2.83. The minimum absolute atomic E-state index is 0.278. The summed E-state index contributed by atoms with van der Waals surface area (Å²) in [6, 6.07) is 25.7. The van der Waals surface area contributed by atoms with Gasteiger partial charge in [-0.15, -0.1) is 0 Å². The Morgan fingerprint density at radius 2 is 1.45 bits per heavy atom. The van der Waals surface area contributed by atoms with Crippen LogP contribution in [0.3, 0.4) is 0 Å². The normalized spacial score (nSPS) is 25.1. The maximum atomic E-state index is 13.8. The maximum absolute atomic E-state index is 13.8. The van der Waals surface area contributed by atoms with Crippen LogP contribution in [0.4, 0.5) is 11.4 Å². The summed E-state index contributed by atoms with van der Waals surface area (Å²) in [5.74, 6) is 0.0138. The molecule has 2 aliphatic heterocycles. The van der Waals surface area contributed by atoms with Gasteiger partial charge in [0, 0.05) is 0 Å². The summed E-state index contributed by atoms with van der Waals surface area (Å²) in [7, 11) is 1.57. The molecule has 0 unspecified atom stereocenters. The van der Waals surface area contributed by atoms with Crippen molar-refractivity contribution in [3.63, 3.8) is 0 Å². The standard InChI is InChI=1S/C25H22N2O4/c1-25-21(17-9-5-3-6-10-17)27(19-11-7-4-8-12-19)31-22(25)23(28)26(24(25)29)18-13-15-20(30-2)16-14-18/h3-16,21-22H,1-2H3/t21-,22+,25+/m0/s1. The first-order chi connectivity index (χ1) is 15.1. The molecule has 5 rings (SSSR count). The lowest BCUT2D eigenvalue weighted by Crippen LogP contribution is -2.41. The van der Waals surface area contributed by atoms with Crippen molar-refractivity contribution in [2.45, 2.75) is 19.1 Å². The quantitative estimate of drug-likeness (QED) is 0.601. The number of hydroxylamine groups is 1. The fraction of sp³-hybridized carbons (Fsp3) is 0.200. The third-order valence-corrected chi connectivity index (χ3v) is 6.13. The van der Waals surface area contributed by atoms with Crippen LogP contribution in [0.2, 0.25) is 0 Å². The molecule has 2 heterocycles. The van der Waals surface area contributed by atoms with Crippen molar-refractivity contribution in [1.29, 1.82) is 0 Å². The van der Waals surface area contributed by atoms with Crippen LogP contribution in [0.15, 0.2) is 84.9 Å². The van der Waals surface area contributed by atoms with Gasteiger partial charge in [-0.25, -0.2) is 9.96 Å². The molecule has 2 saturated heterocycles. The number of benzene rings is 3. The maximum Gasteiger partial charge on any atom is 0.266 e. The van der Waals surface area contributed by atoms with Gasteiger partial charge in [-0.3, -0.25) is 14.4 Å². The average Bonchev–Trinajstić information content (AvgIpc) is 3.23. The number of anilines is 2. The summed E-state index contributed by atoms with van der Waals surface area (Å²) in [6.07, 6.45) is -0.924. The summed E-state index contributed by atoms with van der Waals surface area (Å²) in [4.78, 5) is 34.7. The van der Waals surface area contributed by atoms with Gasteiger partial charge in [-0.1, -0.05) is 48.5 Å². The number of carbonyl (C=O) groups excluding carboxylic acids is 2. The monoisotopic (exact) mass is 414 g/mol. The lowest BCUT2D eigenvalue weighted by Gasteiger charge is -2.32. The summed E-state index contributed by atoms with van der Waals surface area (Å²) in [6.45, 7) is 1.82. The zero-order chi connectivity index (χ0) is 21.6.